The van der Waals surface area contributed by atoms with Gasteiger partial charge in [-0.25, -0.2) is 0 Å². The SMILES string of the molecule is C/C(N)=N/N=C/C(C)=N\N=C(N)N. The molecule has 0 saturated carbocycles. The molecule has 0 aliphatic rings. The van der Waals surface area contributed by atoms with Gasteiger partial charge in [-0.15, -0.1) is 10.2 Å². The van der Waals surface area contributed by atoms with E-state index in [-0.39, 0.29) is 5.96 Å². The molecule has 0 spiro atoms. The number of hydrogen-bond donors (Lipinski definition) is 3. The maximum atomic E-state index is 5.23. The third-order valence-electron chi connectivity index (χ3n) is 0.783. The second-order valence-electron chi connectivity index (χ2n) is 2.25. The lowest BCUT2D eigenvalue weighted by molar-refractivity contribution is 1.20. The maximum absolute atomic E-state index is 5.23. The first-order valence-corrected chi connectivity index (χ1v) is 3.48. The van der Waals surface area contributed by atoms with Crippen LogP contribution in [0.25, 0.3) is 0 Å². The van der Waals surface area contributed by atoms with Crippen LogP contribution in [-0.2, 0) is 0 Å². The van der Waals surface area contributed by atoms with Crippen LogP contribution in [0.5, 0.6) is 0 Å². The van der Waals surface area contributed by atoms with E-state index in [9.17, 15) is 0 Å². The fraction of sp³-hybridized carbons (Fsp3) is 0.333. The average Bonchev–Trinajstić information content (AvgIpc) is 2.00. The van der Waals surface area contributed by atoms with Crippen molar-refractivity contribution in [2.45, 2.75) is 13.8 Å². The lowest BCUT2D eigenvalue weighted by Gasteiger charge is -1.86. The molecule has 0 atom stereocenters. The highest BCUT2D eigenvalue weighted by molar-refractivity contribution is 6.29. The average molecular weight is 183 g/mol. The van der Waals surface area contributed by atoms with Crippen molar-refractivity contribution in [2.75, 3.05) is 0 Å². The van der Waals surface area contributed by atoms with Gasteiger partial charge in [0.2, 0.25) is 5.96 Å². The van der Waals surface area contributed by atoms with Crippen LogP contribution in [0.3, 0.4) is 0 Å². The summed E-state index contributed by atoms with van der Waals surface area (Å²) in [5.74, 6) is 0.261. The van der Waals surface area contributed by atoms with Gasteiger partial charge in [-0.2, -0.15) is 10.2 Å². The van der Waals surface area contributed by atoms with Crippen molar-refractivity contribution in [1.82, 2.24) is 0 Å². The molecule has 0 aromatic rings. The van der Waals surface area contributed by atoms with Gasteiger partial charge in [-0.1, -0.05) is 0 Å². The number of nitrogens with two attached hydrogens (primary N) is 3. The van der Waals surface area contributed by atoms with Crippen molar-refractivity contribution in [3.8, 4) is 0 Å². The standard InChI is InChI=1S/C6H13N7/c1-4(11-13-6(8)9)3-10-12-5(2)7/h3H,1-2H3,(H2,7,12)(H4,8,9,13)/b10-3+,11-4-. The second-order valence-corrected chi connectivity index (χ2v) is 2.25. The molecule has 7 nitrogen and oxygen atoms in total. The van der Waals surface area contributed by atoms with E-state index < -0.39 is 0 Å². The molecule has 0 aliphatic heterocycles. The summed E-state index contributed by atoms with van der Waals surface area (Å²) in [5, 5.41) is 14.2. The van der Waals surface area contributed by atoms with E-state index in [4.69, 9.17) is 17.2 Å². The third-order valence-corrected chi connectivity index (χ3v) is 0.783. The highest BCUT2D eigenvalue weighted by Gasteiger charge is 1.83. The van der Waals surface area contributed by atoms with Crippen molar-refractivity contribution < 1.29 is 0 Å². The number of rotatable bonds is 3. The monoisotopic (exact) mass is 183 g/mol. The molecule has 72 valence electrons. The van der Waals surface area contributed by atoms with E-state index >= 15 is 0 Å². The van der Waals surface area contributed by atoms with E-state index in [1.165, 1.54) is 6.21 Å². The predicted molar refractivity (Wildman–Crippen MR) is 54.7 cm³/mol. The summed E-state index contributed by atoms with van der Waals surface area (Å²) in [6.07, 6.45) is 1.39. The topological polar surface area (TPSA) is 127 Å². The quantitative estimate of drug-likeness (QED) is 0.295. The van der Waals surface area contributed by atoms with Crippen LogP contribution in [0, 0.1) is 0 Å². The number of hydrogen-bond acceptors (Lipinski definition) is 4. The molecule has 0 rings (SSSR count). The Kier molecular flexibility index (Phi) is 4.85. The summed E-state index contributed by atoms with van der Waals surface area (Å²) in [6, 6.07) is 0. The van der Waals surface area contributed by atoms with Crippen LogP contribution < -0.4 is 17.2 Å². The van der Waals surface area contributed by atoms with Crippen LogP contribution in [-0.4, -0.2) is 23.7 Å². The summed E-state index contributed by atoms with van der Waals surface area (Å²) in [5.41, 5.74) is 15.8. The molecule has 13 heavy (non-hydrogen) atoms. The van der Waals surface area contributed by atoms with E-state index in [1.54, 1.807) is 13.8 Å². The van der Waals surface area contributed by atoms with Crippen LogP contribution >= 0.6 is 0 Å². The number of guanidine groups is 1. The van der Waals surface area contributed by atoms with Gasteiger partial charge in [-0.05, 0) is 13.8 Å². The molecule has 0 heterocycles. The van der Waals surface area contributed by atoms with Crippen LogP contribution in [0.4, 0.5) is 0 Å². The van der Waals surface area contributed by atoms with E-state index in [0.29, 0.717) is 11.5 Å². The fourth-order valence-electron chi connectivity index (χ4n) is 0.366. The van der Waals surface area contributed by atoms with E-state index in [0.717, 1.165) is 0 Å². The van der Waals surface area contributed by atoms with Crippen molar-refractivity contribution in [1.29, 1.82) is 0 Å². The normalized spacial score (nSPS) is 13.4. The Labute approximate surface area is 76.1 Å². The largest absolute Gasteiger partial charge is 0.386 e. The Morgan fingerprint density at radius 3 is 2.08 bits per heavy atom. The molecule has 0 radical (unpaired) electrons. The zero-order valence-electron chi connectivity index (χ0n) is 7.60. The summed E-state index contributed by atoms with van der Waals surface area (Å²) < 4.78 is 0. The van der Waals surface area contributed by atoms with Gasteiger partial charge in [0.25, 0.3) is 0 Å². The molecule has 0 bridgehead atoms. The van der Waals surface area contributed by atoms with E-state index in [1.807, 2.05) is 0 Å². The van der Waals surface area contributed by atoms with Gasteiger partial charge in [0.15, 0.2) is 0 Å². The maximum Gasteiger partial charge on any atom is 0.211 e. The zero-order valence-corrected chi connectivity index (χ0v) is 7.60. The molecule has 7 heteroatoms. The fourth-order valence-corrected chi connectivity index (χ4v) is 0.366. The lowest BCUT2D eigenvalue weighted by atomic mass is 10.5. The van der Waals surface area contributed by atoms with Crippen molar-refractivity contribution >= 4 is 23.7 Å². The van der Waals surface area contributed by atoms with Crippen LogP contribution in [0.1, 0.15) is 13.8 Å². The van der Waals surface area contributed by atoms with Crippen molar-refractivity contribution in [3.05, 3.63) is 0 Å². The molecular formula is C6H13N7. The Balaban J connectivity index is 4.22. The lowest BCUT2D eigenvalue weighted by Crippen LogP contribution is -2.22. The molecule has 0 aromatic carbocycles. The van der Waals surface area contributed by atoms with E-state index in [2.05, 4.69) is 20.4 Å². The van der Waals surface area contributed by atoms with Gasteiger partial charge in [0.1, 0.15) is 5.84 Å². The Morgan fingerprint density at radius 2 is 1.62 bits per heavy atom. The van der Waals surface area contributed by atoms with Gasteiger partial charge in [-0.3, -0.25) is 0 Å². The molecule has 0 amide bonds. The minimum atomic E-state index is -0.105. The van der Waals surface area contributed by atoms with Crippen LogP contribution in [0.2, 0.25) is 0 Å². The predicted octanol–water partition coefficient (Wildman–Crippen LogP) is -1.00. The molecule has 0 fully saturated rings. The Hall–Kier alpha value is -1.92. The number of nitrogens with zero attached hydrogens (tertiary/aromatic N) is 4. The molecular weight excluding hydrogens is 170 g/mol. The van der Waals surface area contributed by atoms with Gasteiger partial charge in [0, 0.05) is 0 Å². The van der Waals surface area contributed by atoms with Gasteiger partial charge in [0.05, 0.1) is 11.9 Å². The van der Waals surface area contributed by atoms with Crippen molar-refractivity contribution in [2.24, 2.45) is 37.6 Å². The summed E-state index contributed by atoms with van der Waals surface area (Å²) in [4.78, 5) is 0. The minimum Gasteiger partial charge on any atom is -0.386 e. The zero-order chi connectivity index (χ0) is 10.3. The molecule has 0 aliphatic carbocycles. The van der Waals surface area contributed by atoms with Crippen molar-refractivity contribution in [3.63, 3.8) is 0 Å². The van der Waals surface area contributed by atoms with Gasteiger partial charge >= 0.3 is 0 Å². The smallest absolute Gasteiger partial charge is 0.211 e. The molecule has 0 saturated heterocycles. The first-order valence-electron chi connectivity index (χ1n) is 3.48. The second kappa shape index (κ2) is 5.70. The van der Waals surface area contributed by atoms with Crippen LogP contribution in [0.15, 0.2) is 20.4 Å². The summed E-state index contributed by atoms with van der Waals surface area (Å²) in [7, 11) is 0. The third kappa shape index (κ3) is 7.98. The molecule has 0 unspecified atom stereocenters. The first kappa shape index (κ1) is 11.1. The first-order chi connectivity index (χ1) is 6.02. The van der Waals surface area contributed by atoms with Gasteiger partial charge < -0.3 is 17.2 Å². The summed E-state index contributed by atoms with van der Waals surface area (Å²) in [6.45, 7) is 3.30. The summed E-state index contributed by atoms with van der Waals surface area (Å²) >= 11 is 0. The highest BCUT2D eigenvalue weighted by atomic mass is 15.3. The Morgan fingerprint density at radius 1 is 1.00 bits per heavy atom. The highest BCUT2D eigenvalue weighted by Crippen LogP contribution is 1.77. The minimum absolute atomic E-state index is 0.105. The molecule has 0 aromatic heterocycles. The molecule has 6 N–H and O–H groups in total. The Bertz CT molecular complexity index is 265. The number of amidine groups is 1.